The molecule has 34 heavy (non-hydrogen) atoms. The van der Waals surface area contributed by atoms with E-state index < -0.39 is 5.97 Å². The molecule has 5 nitrogen and oxygen atoms in total. The maximum absolute atomic E-state index is 11.3. The van der Waals surface area contributed by atoms with Gasteiger partial charge in [0, 0.05) is 13.3 Å². The highest BCUT2D eigenvalue weighted by atomic mass is 16.4. The number of hydrogen-bond donors (Lipinski definition) is 2. The van der Waals surface area contributed by atoms with Crippen molar-refractivity contribution in [3.8, 4) is 0 Å². The summed E-state index contributed by atoms with van der Waals surface area (Å²) in [5.41, 5.74) is 6.12. The molecule has 1 aliphatic rings. The second-order valence-electron chi connectivity index (χ2n) is 10.2. The van der Waals surface area contributed by atoms with Crippen molar-refractivity contribution in [3.63, 3.8) is 0 Å². The van der Waals surface area contributed by atoms with E-state index in [9.17, 15) is 9.90 Å². The molecule has 0 saturated heterocycles. The monoisotopic (exact) mass is 476 g/mol. The first-order valence-corrected chi connectivity index (χ1v) is 14.3. The lowest BCUT2D eigenvalue weighted by atomic mass is 10.0. The van der Waals surface area contributed by atoms with Crippen LogP contribution in [0.25, 0.3) is 0 Å². The van der Waals surface area contributed by atoms with Crippen LogP contribution in [0.1, 0.15) is 136 Å². The number of allylic oxidation sites excluding steroid dienone is 2. The van der Waals surface area contributed by atoms with E-state index in [4.69, 9.17) is 5.73 Å². The van der Waals surface area contributed by atoms with Gasteiger partial charge in [0.15, 0.2) is 6.54 Å². The highest BCUT2D eigenvalue weighted by Crippen LogP contribution is 2.23. The van der Waals surface area contributed by atoms with Crippen LogP contribution in [0.5, 0.6) is 0 Å². The molecule has 5 heteroatoms. The molecule has 0 amide bonds. The molecule has 0 fully saturated rings. The minimum Gasteiger partial charge on any atom is -0.477 e. The van der Waals surface area contributed by atoms with E-state index in [2.05, 4.69) is 24.1 Å². The first kappa shape index (κ1) is 30.6. The van der Waals surface area contributed by atoms with Gasteiger partial charge in [-0.25, -0.2) is 14.3 Å². The van der Waals surface area contributed by atoms with Crippen LogP contribution in [0.15, 0.2) is 29.5 Å². The summed E-state index contributed by atoms with van der Waals surface area (Å²) in [7, 11) is 0. The predicted octanol–water partition coefficient (Wildman–Crippen LogP) is 8.06. The Morgan fingerprint density at radius 2 is 1.35 bits per heavy atom. The number of hydrogen-bond acceptors (Lipinski definition) is 3. The maximum Gasteiger partial charge on any atom is 0.360 e. The van der Waals surface area contributed by atoms with Gasteiger partial charge in [-0.05, 0) is 32.1 Å². The van der Waals surface area contributed by atoms with Gasteiger partial charge in [0.25, 0.3) is 0 Å². The lowest BCUT2D eigenvalue weighted by molar-refractivity contribution is -0.805. The number of rotatable bonds is 23. The van der Waals surface area contributed by atoms with Gasteiger partial charge >= 0.3 is 5.97 Å². The fourth-order valence-corrected chi connectivity index (χ4v) is 4.82. The van der Waals surface area contributed by atoms with E-state index >= 15 is 0 Å². The number of amidine groups is 1. The molecule has 0 aliphatic carbocycles. The molecule has 1 heterocycles. The quantitative estimate of drug-likeness (QED) is 0.0889. The zero-order valence-electron chi connectivity index (χ0n) is 22.4. The van der Waals surface area contributed by atoms with Gasteiger partial charge in [0.05, 0.1) is 6.20 Å². The molecular weight excluding hydrogens is 422 g/mol. The molecule has 0 aromatic rings. The summed E-state index contributed by atoms with van der Waals surface area (Å²) >= 11 is 0. The number of carboxylic acids is 1. The van der Waals surface area contributed by atoms with Crippen molar-refractivity contribution < 1.29 is 14.4 Å². The van der Waals surface area contributed by atoms with Crippen molar-refractivity contribution in [2.45, 2.75) is 142 Å². The van der Waals surface area contributed by atoms with Crippen molar-refractivity contribution in [1.82, 2.24) is 0 Å². The number of unbranched alkanes of at least 4 members (excludes halogenated alkanes) is 16. The summed E-state index contributed by atoms with van der Waals surface area (Å²) in [6, 6.07) is 0. The highest BCUT2D eigenvalue weighted by Gasteiger charge is 2.40. The van der Waals surface area contributed by atoms with Crippen molar-refractivity contribution in [1.29, 1.82) is 0 Å². The number of carboxylic acid groups (broad SMARTS) is 1. The SMILES string of the molecule is CCCCCCCCC/C=C/CCCCCCCCCCCC1=NC=C[N+]1(CC(=O)O)C(C)N. The smallest absolute Gasteiger partial charge is 0.360 e. The second kappa shape index (κ2) is 19.8. The first-order chi connectivity index (χ1) is 16.5. The maximum atomic E-state index is 11.3. The Morgan fingerprint density at radius 3 is 1.82 bits per heavy atom. The van der Waals surface area contributed by atoms with E-state index in [1.807, 2.05) is 13.1 Å². The Labute approximate surface area is 210 Å². The molecule has 2 unspecified atom stereocenters. The van der Waals surface area contributed by atoms with Crippen LogP contribution in [0.4, 0.5) is 0 Å². The topological polar surface area (TPSA) is 75.7 Å². The number of carbonyl (C=O) groups is 1. The van der Waals surface area contributed by atoms with Crippen LogP contribution in [0, 0.1) is 0 Å². The third kappa shape index (κ3) is 13.4. The summed E-state index contributed by atoms with van der Waals surface area (Å²) < 4.78 is 0.170. The van der Waals surface area contributed by atoms with Crippen LogP contribution in [0.2, 0.25) is 0 Å². The Morgan fingerprint density at radius 1 is 0.882 bits per heavy atom. The Hall–Kier alpha value is -1.46. The van der Waals surface area contributed by atoms with Crippen LogP contribution in [0.3, 0.4) is 0 Å². The van der Waals surface area contributed by atoms with E-state index in [1.54, 1.807) is 6.20 Å². The van der Waals surface area contributed by atoms with Crippen molar-refractivity contribution >= 4 is 11.8 Å². The fourth-order valence-electron chi connectivity index (χ4n) is 4.82. The fraction of sp³-hybridized carbons (Fsp3) is 0.793. The molecule has 2 atom stereocenters. The average Bonchev–Trinajstić information content (AvgIpc) is 3.20. The van der Waals surface area contributed by atoms with Gasteiger partial charge in [-0.2, -0.15) is 0 Å². The van der Waals surface area contributed by atoms with Crippen molar-refractivity contribution in [2.75, 3.05) is 6.54 Å². The second-order valence-corrected chi connectivity index (χ2v) is 10.2. The predicted molar refractivity (Wildman–Crippen MR) is 146 cm³/mol. The molecular formula is C29H54N3O2+. The number of aliphatic carboxylic acids is 1. The van der Waals surface area contributed by atoms with Crippen LogP contribution in [-0.2, 0) is 4.79 Å². The standard InChI is InChI=1S/C29H53N3O2/c1-3-4-5-6-7-8-9-10-11-12-13-14-15-16-17-18-19-20-21-22-23-28-31-24-25-32(28,27(2)30)26-29(33)34/h11-12,24-25,27H,3-10,13-23,26,30H2,1-2H3/p+1/b12-11+. The summed E-state index contributed by atoms with van der Waals surface area (Å²) in [6.07, 6.45) is 32.7. The van der Waals surface area contributed by atoms with Crippen LogP contribution < -0.4 is 5.73 Å². The molecule has 0 aromatic heterocycles. The van der Waals surface area contributed by atoms with Gasteiger partial charge in [-0.3, -0.25) is 5.73 Å². The first-order valence-electron chi connectivity index (χ1n) is 14.3. The molecule has 0 aromatic carbocycles. The van der Waals surface area contributed by atoms with E-state index in [0.717, 1.165) is 18.7 Å². The van der Waals surface area contributed by atoms with Crippen LogP contribution in [-0.4, -0.2) is 34.1 Å². The number of quaternary nitrogens is 1. The Kier molecular flexibility index (Phi) is 17.8. The molecule has 1 rings (SSSR count). The number of nitrogens with two attached hydrogens (primary N) is 1. The molecule has 0 bridgehead atoms. The Bertz CT molecular complexity index is 612. The molecule has 1 aliphatic heterocycles. The van der Waals surface area contributed by atoms with Gasteiger partial charge in [-0.1, -0.05) is 103 Å². The zero-order valence-corrected chi connectivity index (χ0v) is 22.4. The summed E-state index contributed by atoms with van der Waals surface area (Å²) in [4.78, 5) is 15.7. The number of aliphatic imine (C=N–C) groups is 1. The molecule has 0 radical (unpaired) electrons. The summed E-state index contributed by atoms with van der Waals surface area (Å²) in [5.74, 6) is 0.0601. The lowest BCUT2D eigenvalue weighted by Gasteiger charge is -2.34. The molecule has 196 valence electrons. The van der Waals surface area contributed by atoms with Gasteiger partial charge in [0.1, 0.15) is 12.4 Å². The van der Waals surface area contributed by atoms with E-state index in [-0.39, 0.29) is 17.2 Å². The lowest BCUT2D eigenvalue weighted by Crippen LogP contribution is -2.59. The molecule has 0 saturated carbocycles. The number of nitrogens with zero attached hydrogens (tertiary/aromatic N) is 2. The minimum absolute atomic E-state index is 0.0258. The summed E-state index contributed by atoms with van der Waals surface area (Å²) in [6.45, 7) is 4.11. The van der Waals surface area contributed by atoms with E-state index in [1.165, 1.54) is 109 Å². The molecule has 0 spiro atoms. The minimum atomic E-state index is -0.837. The highest BCUT2D eigenvalue weighted by molar-refractivity contribution is 5.81. The third-order valence-corrected chi connectivity index (χ3v) is 7.07. The zero-order chi connectivity index (χ0) is 24.9. The third-order valence-electron chi connectivity index (χ3n) is 7.07. The van der Waals surface area contributed by atoms with Gasteiger partial charge in [-0.15, -0.1) is 0 Å². The average molecular weight is 477 g/mol. The van der Waals surface area contributed by atoms with E-state index in [0.29, 0.717) is 0 Å². The van der Waals surface area contributed by atoms with Gasteiger partial charge in [0.2, 0.25) is 5.84 Å². The van der Waals surface area contributed by atoms with Gasteiger partial charge < -0.3 is 5.11 Å². The normalized spacial score (nSPS) is 18.6. The van der Waals surface area contributed by atoms with Crippen LogP contribution >= 0.6 is 0 Å². The van der Waals surface area contributed by atoms with Crippen molar-refractivity contribution in [2.24, 2.45) is 10.7 Å². The van der Waals surface area contributed by atoms with Crippen molar-refractivity contribution in [3.05, 3.63) is 24.6 Å². The molecule has 3 N–H and O–H groups in total. The largest absolute Gasteiger partial charge is 0.477 e. The Balaban J connectivity index is 1.92. The summed E-state index contributed by atoms with van der Waals surface area (Å²) in [5, 5.41) is 9.28.